The molecule has 2 aromatic carbocycles. The normalized spacial score (nSPS) is 12.6. The number of fused-ring (bicyclic) bond motifs is 1. The van der Waals surface area contributed by atoms with Crippen molar-refractivity contribution in [1.29, 1.82) is 0 Å². The summed E-state index contributed by atoms with van der Waals surface area (Å²) in [5, 5.41) is 12.2. The van der Waals surface area contributed by atoms with Gasteiger partial charge in [-0.3, -0.25) is 14.2 Å². The molecule has 0 fully saturated rings. The smallest absolute Gasteiger partial charge is 0.481 e. The first kappa shape index (κ1) is 21.9. The van der Waals surface area contributed by atoms with Crippen LogP contribution >= 0.6 is 0 Å². The van der Waals surface area contributed by atoms with Crippen LogP contribution in [0.3, 0.4) is 0 Å². The van der Waals surface area contributed by atoms with Crippen LogP contribution in [0.25, 0.3) is 10.9 Å². The van der Waals surface area contributed by atoms with Crippen molar-refractivity contribution in [3.63, 3.8) is 0 Å². The van der Waals surface area contributed by atoms with E-state index in [1.165, 1.54) is 13.8 Å². The van der Waals surface area contributed by atoms with Crippen LogP contribution in [0.2, 0.25) is 0 Å². The van der Waals surface area contributed by atoms with Crippen LogP contribution < -0.4 is 4.74 Å². The second-order valence-corrected chi connectivity index (χ2v) is 6.68. The van der Waals surface area contributed by atoms with Gasteiger partial charge in [0.25, 0.3) is 5.91 Å². The molecule has 11 heteroatoms. The minimum atomic E-state index is -4.90. The zero-order valence-electron chi connectivity index (χ0n) is 16.0. The molecule has 7 nitrogen and oxygen atoms in total. The second-order valence-electron chi connectivity index (χ2n) is 6.68. The van der Waals surface area contributed by atoms with Crippen LogP contribution in [-0.4, -0.2) is 27.9 Å². The average molecular weight is 438 g/mol. The highest BCUT2D eigenvalue weighted by Crippen LogP contribution is 2.36. The van der Waals surface area contributed by atoms with E-state index in [9.17, 15) is 37.2 Å². The molecule has 1 aromatic heterocycles. The number of halogens is 4. The number of hydrogen-bond acceptors (Lipinski definition) is 5. The third-order valence-corrected chi connectivity index (χ3v) is 4.76. The molecule has 0 aliphatic heterocycles. The summed E-state index contributed by atoms with van der Waals surface area (Å²) in [5.74, 6) is -4.61. The van der Waals surface area contributed by atoms with E-state index in [0.29, 0.717) is 0 Å². The van der Waals surface area contributed by atoms with Gasteiger partial charge in [-0.15, -0.1) is 18.1 Å². The molecule has 1 heterocycles. The largest absolute Gasteiger partial charge is 0.573 e. The number of aliphatic carboxylic acids is 1. The van der Waals surface area contributed by atoms with Crippen LogP contribution in [0.15, 0.2) is 41.6 Å². The number of carbonyl (C=O) groups is 2. The Morgan fingerprint density at radius 3 is 2.29 bits per heavy atom. The van der Waals surface area contributed by atoms with Crippen LogP contribution in [0.5, 0.6) is 5.75 Å². The van der Waals surface area contributed by atoms with Crippen molar-refractivity contribution >= 4 is 28.5 Å². The van der Waals surface area contributed by atoms with Gasteiger partial charge in [0.2, 0.25) is 0 Å². The number of nitroso groups, excluding NO2 is 1. The number of carboxylic acids is 1. The second kappa shape index (κ2) is 7.82. The Morgan fingerprint density at radius 2 is 1.77 bits per heavy atom. The molecule has 1 atom stereocenters. The van der Waals surface area contributed by atoms with Crippen molar-refractivity contribution in [3.8, 4) is 5.75 Å². The predicted molar refractivity (Wildman–Crippen MR) is 101 cm³/mol. The molecule has 1 unspecified atom stereocenters. The average Bonchev–Trinajstić information content (AvgIpc) is 2.96. The molecule has 0 spiro atoms. The molecule has 162 valence electrons. The van der Waals surface area contributed by atoms with Gasteiger partial charge in [-0.1, -0.05) is 0 Å². The molecule has 0 saturated heterocycles. The van der Waals surface area contributed by atoms with E-state index in [4.69, 9.17) is 0 Å². The van der Waals surface area contributed by atoms with Crippen LogP contribution in [0, 0.1) is 17.6 Å². The van der Waals surface area contributed by atoms with Gasteiger partial charge in [0.05, 0.1) is 11.4 Å². The summed E-state index contributed by atoms with van der Waals surface area (Å²) in [4.78, 5) is 35.5. The molecule has 3 rings (SSSR count). The van der Waals surface area contributed by atoms with Crippen molar-refractivity contribution in [2.75, 3.05) is 0 Å². The summed E-state index contributed by atoms with van der Waals surface area (Å²) < 4.78 is 56.0. The molecule has 0 amide bonds. The van der Waals surface area contributed by atoms with Crippen LogP contribution in [0.1, 0.15) is 34.5 Å². The summed E-state index contributed by atoms with van der Waals surface area (Å²) in [6.07, 6.45) is -4.90. The summed E-state index contributed by atoms with van der Waals surface area (Å²) in [6, 6.07) is 6.01. The van der Waals surface area contributed by atoms with Crippen molar-refractivity contribution in [3.05, 3.63) is 63.9 Å². The van der Waals surface area contributed by atoms with Gasteiger partial charge < -0.3 is 9.84 Å². The van der Waals surface area contributed by atoms with E-state index < -0.39 is 41.4 Å². The minimum absolute atomic E-state index is 0.00822. The van der Waals surface area contributed by atoms with E-state index in [1.54, 1.807) is 0 Å². The first-order valence-electron chi connectivity index (χ1n) is 8.75. The van der Waals surface area contributed by atoms with Crippen LogP contribution in [0.4, 0.5) is 23.2 Å². The van der Waals surface area contributed by atoms with E-state index in [0.717, 1.165) is 41.0 Å². The number of alkyl halides is 3. The topological polar surface area (TPSA) is 98.0 Å². The third-order valence-electron chi connectivity index (χ3n) is 4.76. The maximum Gasteiger partial charge on any atom is 0.573 e. The summed E-state index contributed by atoms with van der Waals surface area (Å²) in [6.45, 7) is 2.80. The maximum absolute atomic E-state index is 14.2. The van der Waals surface area contributed by atoms with Crippen molar-refractivity contribution in [1.82, 2.24) is 4.57 Å². The number of rotatable bonds is 5. The third kappa shape index (κ3) is 4.11. The Labute approximate surface area is 171 Å². The Morgan fingerprint density at radius 1 is 1.16 bits per heavy atom. The lowest BCUT2D eigenvalue weighted by Gasteiger charge is -2.11. The molecule has 1 N–H and O–H groups in total. The molecule has 0 bridgehead atoms. The first-order chi connectivity index (χ1) is 14.4. The van der Waals surface area contributed by atoms with Gasteiger partial charge >= 0.3 is 12.3 Å². The van der Waals surface area contributed by atoms with E-state index in [1.807, 2.05) is 0 Å². The van der Waals surface area contributed by atoms with Gasteiger partial charge in [-0.2, -0.15) is 0 Å². The quantitative estimate of drug-likeness (QED) is 0.433. The number of carboxylic acid groups (broad SMARTS) is 1. The number of ether oxygens (including phenoxy) is 1. The lowest BCUT2D eigenvalue weighted by molar-refractivity contribution is -0.274. The van der Waals surface area contributed by atoms with Gasteiger partial charge in [-0.05, 0) is 54.9 Å². The van der Waals surface area contributed by atoms with E-state index in [-0.39, 0.29) is 27.7 Å². The fourth-order valence-electron chi connectivity index (χ4n) is 3.38. The SMILES string of the molecule is Cc1c(C(C)C(=O)O)c2cc(N=O)c(F)cc2n1C(=O)c1ccc(OC(F)(F)F)cc1. The van der Waals surface area contributed by atoms with E-state index >= 15 is 0 Å². The standard InChI is InChI=1S/C20H14F4N2O5/c1-9(19(28)29)17-10(2)26(16-8-14(21)15(25-30)7-13(16)17)18(27)11-3-5-12(6-4-11)31-20(22,23)24/h3-9H,1-2H3,(H,28,29). The summed E-state index contributed by atoms with van der Waals surface area (Å²) in [5.41, 5.74) is -0.261. The van der Waals surface area contributed by atoms with Gasteiger partial charge in [0.1, 0.15) is 11.4 Å². The highest BCUT2D eigenvalue weighted by molar-refractivity contribution is 6.05. The Kier molecular flexibility index (Phi) is 5.53. The number of carbonyl (C=O) groups excluding carboxylic acids is 1. The Hall–Kier alpha value is -3.76. The predicted octanol–water partition coefficient (Wildman–Crippen LogP) is 5.26. The van der Waals surface area contributed by atoms with Crippen molar-refractivity contribution in [2.24, 2.45) is 5.18 Å². The maximum atomic E-state index is 14.2. The molecule has 0 aliphatic rings. The molecule has 31 heavy (non-hydrogen) atoms. The molecule has 0 radical (unpaired) electrons. The number of nitrogens with zero attached hydrogens (tertiary/aromatic N) is 2. The van der Waals surface area contributed by atoms with Gasteiger partial charge in [0.15, 0.2) is 5.82 Å². The summed E-state index contributed by atoms with van der Waals surface area (Å²) >= 11 is 0. The van der Waals surface area contributed by atoms with Gasteiger partial charge in [0, 0.05) is 22.7 Å². The Bertz CT molecular complexity index is 1200. The fraction of sp³-hybridized carbons (Fsp3) is 0.200. The van der Waals surface area contributed by atoms with Crippen molar-refractivity contribution in [2.45, 2.75) is 26.1 Å². The zero-order valence-corrected chi connectivity index (χ0v) is 16.0. The minimum Gasteiger partial charge on any atom is -0.481 e. The highest BCUT2D eigenvalue weighted by atomic mass is 19.4. The highest BCUT2D eigenvalue weighted by Gasteiger charge is 2.31. The van der Waals surface area contributed by atoms with Crippen LogP contribution in [-0.2, 0) is 4.79 Å². The number of aromatic nitrogens is 1. The molecular formula is C20H14F4N2O5. The number of hydrogen-bond donors (Lipinski definition) is 1. The Balaban J connectivity index is 2.18. The lowest BCUT2D eigenvalue weighted by atomic mass is 9.98. The molecule has 0 aliphatic carbocycles. The lowest BCUT2D eigenvalue weighted by Crippen LogP contribution is -2.18. The van der Waals surface area contributed by atoms with Crippen molar-refractivity contribution < 1.29 is 37.0 Å². The fourth-order valence-corrected chi connectivity index (χ4v) is 3.38. The summed E-state index contributed by atoms with van der Waals surface area (Å²) in [7, 11) is 0. The molecule has 0 saturated carbocycles. The zero-order chi connectivity index (χ0) is 23.1. The monoisotopic (exact) mass is 438 g/mol. The molecular weight excluding hydrogens is 424 g/mol. The van der Waals surface area contributed by atoms with E-state index in [2.05, 4.69) is 9.91 Å². The number of benzene rings is 2. The first-order valence-corrected chi connectivity index (χ1v) is 8.75. The molecule has 3 aromatic rings. The van der Waals surface area contributed by atoms with Gasteiger partial charge in [-0.25, -0.2) is 4.39 Å².